The molecule has 0 saturated carbocycles. The molecule has 2 N–H and O–H groups in total. The van der Waals surface area contributed by atoms with Crippen LogP contribution in [0.5, 0.6) is 0 Å². The molecule has 0 aliphatic carbocycles. The highest BCUT2D eigenvalue weighted by atomic mass is 35.5. The maximum absolute atomic E-state index is 5.86. The second-order valence-corrected chi connectivity index (χ2v) is 5.81. The number of nitrogens with two attached hydrogens (primary N) is 1. The smallest absolute Gasteiger partial charge is 0.171 e. The van der Waals surface area contributed by atoms with Crippen molar-refractivity contribution in [1.29, 1.82) is 0 Å². The first kappa shape index (κ1) is 16.1. The van der Waals surface area contributed by atoms with Gasteiger partial charge in [0.05, 0.1) is 17.4 Å². The van der Waals surface area contributed by atoms with E-state index < -0.39 is 0 Å². The maximum Gasteiger partial charge on any atom is 0.171 e. The highest BCUT2D eigenvalue weighted by molar-refractivity contribution is 6.31. The molecule has 0 atom stereocenters. The fraction of sp³-hybridized carbons (Fsp3) is 0. The molecule has 0 spiro atoms. The number of hydrogen-bond donors (Lipinski definition) is 1. The van der Waals surface area contributed by atoms with E-state index >= 15 is 0 Å². The number of furan rings is 1. The fourth-order valence-electron chi connectivity index (χ4n) is 2.70. The van der Waals surface area contributed by atoms with Crippen molar-refractivity contribution in [3.05, 3.63) is 78.7 Å². The van der Waals surface area contributed by atoms with Crippen LogP contribution in [-0.2, 0) is 0 Å². The third kappa shape index (κ3) is 2.98. The number of nitrogen functional groups attached to an aromatic ring is 1. The summed E-state index contributed by atoms with van der Waals surface area (Å²) in [6.07, 6.45) is 8.49. The van der Waals surface area contributed by atoms with Gasteiger partial charge < -0.3 is 14.7 Å². The Morgan fingerprint density at radius 1 is 0.923 bits per heavy atom. The SMILES string of the molecule is Nc1nccnc1Cl.c1ccc2c(c1)oc1cccc(-n3ccnc3)c12. The highest BCUT2D eigenvalue weighted by Gasteiger charge is 2.10. The lowest BCUT2D eigenvalue weighted by Gasteiger charge is -2.03. The predicted molar refractivity (Wildman–Crippen MR) is 102 cm³/mol. The van der Waals surface area contributed by atoms with Gasteiger partial charge in [-0.15, -0.1) is 0 Å². The second-order valence-electron chi connectivity index (χ2n) is 5.45. The van der Waals surface area contributed by atoms with Crippen LogP contribution in [0.1, 0.15) is 0 Å². The second kappa shape index (κ2) is 6.85. The Balaban J connectivity index is 0.000000178. The molecule has 0 aliphatic heterocycles. The van der Waals surface area contributed by atoms with E-state index in [1.165, 1.54) is 12.4 Å². The van der Waals surface area contributed by atoms with E-state index in [9.17, 15) is 0 Å². The van der Waals surface area contributed by atoms with E-state index in [1.807, 2.05) is 41.1 Å². The van der Waals surface area contributed by atoms with E-state index in [0.29, 0.717) is 0 Å². The highest BCUT2D eigenvalue weighted by Crippen LogP contribution is 2.32. The van der Waals surface area contributed by atoms with Crippen LogP contribution in [0.15, 0.2) is 78.0 Å². The first-order valence-corrected chi connectivity index (χ1v) is 8.22. The van der Waals surface area contributed by atoms with Crippen LogP contribution in [0.25, 0.3) is 27.6 Å². The molecule has 0 saturated heterocycles. The van der Waals surface area contributed by atoms with Gasteiger partial charge in [0.25, 0.3) is 0 Å². The Hall–Kier alpha value is -3.38. The van der Waals surface area contributed by atoms with Crippen LogP contribution < -0.4 is 5.73 Å². The number of benzene rings is 2. The number of para-hydroxylation sites is 1. The molecule has 5 rings (SSSR count). The number of aromatic nitrogens is 4. The quantitative estimate of drug-likeness (QED) is 0.474. The van der Waals surface area contributed by atoms with Crippen LogP contribution in [0.4, 0.5) is 5.82 Å². The summed E-state index contributed by atoms with van der Waals surface area (Å²) in [5, 5.41) is 2.52. The van der Waals surface area contributed by atoms with Crippen molar-refractivity contribution in [3.63, 3.8) is 0 Å². The molecule has 2 aromatic carbocycles. The number of halogens is 1. The van der Waals surface area contributed by atoms with Gasteiger partial charge in [-0.25, -0.2) is 15.0 Å². The largest absolute Gasteiger partial charge is 0.456 e. The number of hydrogen-bond acceptors (Lipinski definition) is 5. The van der Waals surface area contributed by atoms with Gasteiger partial charge in [-0.2, -0.15) is 0 Å². The molecule has 6 nitrogen and oxygen atoms in total. The molecule has 0 amide bonds. The molecular formula is C19H14ClN5O. The van der Waals surface area contributed by atoms with Crippen molar-refractivity contribution in [1.82, 2.24) is 19.5 Å². The first-order valence-electron chi connectivity index (χ1n) is 7.84. The molecular weight excluding hydrogens is 350 g/mol. The minimum Gasteiger partial charge on any atom is -0.456 e. The summed E-state index contributed by atoms with van der Waals surface area (Å²) >= 11 is 5.41. The zero-order chi connectivity index (χ0) is 17.9. The predicted octanol–water partition coefficient (Wildman–Crippen LogP) is 4.48. The van der Waals surface area contributed by atoms with Gasteiger partial charge in [0.2, 0.25) is 0 Å². The number of imidazole rings is 1. The van der Waals surface area contributed by atoms with E-state index in [0.717, 1.165) is 27.6 Å². The third-order valence-corrected chi connectivity index (χ3v) is 4.13. The Morgan fingerprint density at radius 2 is 1.73 bits per heavy atom. The van der Waals surface area contributed by atoms with Gasteiger partial charge in [0, 0.05) is 30.2 Å². The third-order valence-electron chi connectivity index (χ3n) is 3.84. The number of rotatable bonds is 1. The topological polar surface area (TPSA) is 82.8 Å². The lowest BCUT2D eigenvalue weighted by molar-refractivity contribution is 0.669. The summed E-state index contributed by atoms with van der Waals surface area (Å²) in [6.45, 7) is 0. The monoisotopic (exact) mass is 363 g/mol. The summed E-state index contributed by atoms with van der Waals surface area (Å²) in [6, 6.07) is 14.2. The molecule has 0 aliphatic rings. The maximum atomic E-state index is 5.86. The van der Waals surface area contributed by atoms with Crippen molar-refractivity contribution in [3.8, 4) is 5.69 Å². The van der Waals surface area contributed by atoms with E-state index in [2.05, 4.69) is 27.1 Å². The van der Waals surface area contributed by atoms with Crippen molar-refractivity contribution in [2.75, 3.05) is 5.73 Å². The van der Waals surface area contributed by atoms with E-state index in [1.54, 1.807) is 12.5 Å². The van der Waals surface area contributed by atoms with Crippen LogP contribution in [-0.4, -0.2) is 19.5 Å². The van der Waals surface area contributed by atoms with Gasteiger partial charge in [0.15, 0.2) is 11.0 Å². The average molecular weight is 364 g/mol. The zero-order valence-corrected chi connectivity index (χ0v) is 14.3. The van der Waals surface area contributed by atoms with Crippen molar-refractivity contribution < 1.29 is 4.42 Å². The standard InChI is InChI=1S/C15H10N2O.C4H4ClN3/c1-2-6-13-11(4-1)15-12(17-9-8-16-10-17)5-3-7-14(15)18-13;5-3-4(6)8-2-1-7-3/h1-10H;1-2H,(H2,6,8). The average Bonchev–Trinajstić information content (AvgIpc) is 3.32. The molecule has 26 heavy (non-hydrogen) atoms. The van der Waals surface area contributed by atoms with Crippen LogP contribution in [0.3, 0.4) is 0 Å². The van der Waals surface area contributed by atoms with Gasteiger partial charge in [-0.05, 0) is 18.2 Å². The summed E-state index contributed by atoms with van der Waals surface area (Å²) in [5.41, 5.74) is 8.13. The minimum absolute atomic E-state index is 0.257. The van der Waals surface area contributed by atoms with Gasteiger partial charge in [-0.3, -0.25) is 0 Å². The number of anilines is 1. The Bertz CT molecular complexity index is 1150. The summed E-state index contributed by atoms with van der Waals surface area (Å²) in [5.74, 6) is 0.272. The Labute approximate surface area is 153 Å². The zero-order valence-electron chi connectivity index (χ0n) is 13.6. The summed E-state index contributed by atoms with van der Waals surface area (Å²) in [7, 11) is 0. The van der Waals surface area contributed by atoms with E-state index in [-0.39, 0.29) is 11.0 Å². The van der Waals surface area contributed by atoms with Gasteiger partial charge in [0.1, 0.15) is 11.2 Å². The molecule has 0 bridgehead atoms. The molecule has 0 radical (unpaired) electrons. The molecule has 5 aromatic rings. The van der Waals surface area contributed by atoms with Crippen LogP contribution in [0.2, 0.25) is 5.15 Å². The molecule has 128 valence electrons. The number of fused-ring (bicyclic) bond motifs is 3. The Morgan fingerprint density at radius 3 is 2.46 bits per heavy atom. The lowest BCUT2D eigenvalue weighted by atomic mass is 10.1. The minimum atomic E-state index is 0.257. The van der Waals surface area contributed by atoms with E-state index in [4.69, 9.17) is 21.8 Å². The van der Waals surface area contributed by atoms with Crippen molar-refractivity contribution >= 4 is 39.4 Å². The van der Waals surface area contributed by atoms with Crippen molar-refractivity contribution in [2.24, 2.45) is 0 Å². The fourth-order valence-corrected chi connectivity index (χ4v) is 2.81. The first-order chi connectivity index (χ1) is 12.7. The van der Waals surface area contributed by atoms with Gasteiger partial charge in [-0.1, -0.05) is 35.9 Å². The normalized spacial score (nSPS) is 10.7. The molecule has 0 fully saturated rings. The van der Waals surface area contributed by atoms with Gasteiger partial charge >= 0.3 is 0 Å². The lowest BCUT2D eigenvalue weighted by Crippen LogP contribution is -1.90. The summed E-state index contributed by atoms with van der Waals surface area (Å²) < 4.78 is 7.86. The van der Waals surface area contributed by atoms with Crippen LogP contribution >= 0.6 is 11.6 Å². The Kier molecular flexibility index (Phi) is 4.25. The van der Waals surface area contributed by atoms with Crippen molar-refractivity contribution in [2.45, 2.75) is 0 Å². The number of nitrogens with zero attached hydrogens (tertiary/aromatic N) is 4. The molecule has 3 aromatic heterocycles. The summed E-state index contributed by atoms with van der Waals surface area (Å²) in [4.78, 5) is 11.4. The molecule has 0 unspecified atom stereocenters. The molecule has 7 heteroatoms. The molecule has 3 heterocycles. The van der Waals surface area contributed by atoms with Crippen LogP contribution in [0, 0.1) is 0 Å².